The van der Waals surface area contributed by atoms with E-state index in [1.165, 1.54) is 31.4 Å². The van der Waals surface area contributed by atoms with E-state index in [0.29, 0.717) is 34.8 Å². The van der Waals surface area contributed by atoms with Crippen LogP contribution < -0.4 is 9.47 Å². The molecule has 0 spiro atoms. The summed E-state index contributed by atoms with van der Waals surface area (Å²) in [4.78, 5) is 0.133. The van der Waals surface area contributed by atoms with Gasteiger partial charge in [-0.2, -0.15) is 17.9 Å². The zero-order valence-corrected chi connectivity index (χ0v) is 17.8. The highest BCUT2D eigenvalue weighted by atomic mass is 32.2. The Balaban J connectivity index is 1.82. The van der Waals surface area contributed by atoms with Crippen molar-refractivity contribution in [2.45, 2.75) is 17.4 Å². The third-order valence-corrected chi connectivity index (χ3v) is 6.83. The van der Waals surface area contributed by atoms with Crippen LogP contribution in [0.5, 0.6) is 11.5 Å². The van der Waals surface area contributed by atoms with Gasteiger partial charge in [-0.3, -0.25) is 0 Å². The molecule has 31 heavy (non-hydrogen) atoms. The summed E-state index contributed by atoms with van der Waals surface area (Å²) >= 11 is 0. The van der Waals surface area contributed by atoms with Gasteiger partial charge in [0.05, 0.1) is 30.9 Å². The third-order valence-electron chi connectivity index (χ3n) is 5.13. The van der Waals surface area contributed by atoms with Crippen molar-refractivity contribution in [2.24, 2.45) is 5.10 Å². The predicted octanol–water partition coefficient (Wildman–Crippen LogP) is 4.38. The molecule has 0 N–H and O–H groups in total. The Morgan fingerprint density at radius 1 is 0.968 bits per heavy atom. The Labute approximate surface area is 180 Å². The first-order chi connectivity index (χ1) is 14.9. The van der Waals surface area contributed by atoms with Gasteiger partial charge >= 0.3 is 0 Å². The molecule has 0 saturated carbocycles. The maximum absolute atomic E-state index is 13.5. The van der Waals surface area contributed by atoms with Crippen LogP contribution in [0.15, 0.2) is 82.8 Å². The van der Waals surface area contributed by atoms with Gasteiger partial charge in [-0.15, -0.1) is 0 Å². The van der Waals surface area contributed by atoms with Crippen molar-refractivity contribution in [3.63, 3.8) is 0 Å². The molecule has 0 aliphatic carbocycles. The molecular formula is C23H21FN2O4S. The smallest absolute Gasteiger partial charge is 0.279 e. The molecule has 0 bridgehead atoms. The number of benzene rings is 3. The van der Waals surface area contributed by atoms with Gasteiger partial charge in [-0.25, -0.2) is 4.39 Å². The van der Waals surface area contributed by atoms with E-state index in [1.807, 2.05) is 0 Å². The van der Waals surface area contributed by atoms with Crippen molar-refractivity contribution in [3.05, 3.63) is 89.7 Å². The second kappa shape index (κ2) is 8.39. The molecule has 4 rings (SSSR count). The summed E-state index contributed by atoms with van der Waals surface area (Å²) in [5.41, 5.74) is 1.86. The number of hydrogen-bond acceptors (Lipinski definition) is 5. The molecule has 0 saturated heterocycles. The highest BCUT2D eigenvalue weighted by molar-refractivity contribution is 7.89. The van der Waals surface area contributed by atoms with E-state index in [1.54, 1.807) is 55.6 Å². The van der Waals surface area contributed by atoms with Crippen molar-refractivity contribution in [2.75, 3.05) is 14.2 Å². The van der Waals surface area contributed by atoms with Gasteiger partial charge in [0.2, 0.25) is 0 Å². The number of nitrogens with zero attached hydrogens (tertiary/aromatic N) is 2. The van der Waals surface area contributed by atoms with Gasteiger partial charge < -0.3 is 9.47 Å². The second-order valence-corrected chi connectivity index (χ2v) is 8.77. The van der Waals surface area contributed by atoms with Gasteiger partial charge in [-0.1, -0.05) is 30.3 Å². The number of methoxy groups -OCH3 is 2. The Bertz CT molecular complexity index is 1210. The number of hydrogen-bond donors (Lipinski definition) is 0. The van der Waals surface area contributed by atoms with Crippen molar-refractivity contribution < 1.29 is 22.3 Å². The Morgan fingerprint density at radius 3 is 2.32 bits per heavy atom. The molecule has 3 aromatic carbocycles. The molecule has 1 unspecified atom stereocenters. The molecular weight excluding hydrogens is 419 g/mol. The fourth-order valence-corrected chi connectivity index (χ4v) is 5.00. The SMILES string of the molecule is COc1ccc(C2=NN(S(=O)(=O)c3ccccc3)C(c3ccc(F)cc3)C2)c(OC)c1. The zero-order chi connectivity index (χ0) is 22.0. The fourth-order valence-electron chi connectivity index (χ4n) is 3.54. The molecule has 1 heterocycles. The Hall–Kier alpha value is -3.39. The number of ether oxygens (including phenoxy) is 2. The van der Waals surface area contributed by atoms with E-state index in [2.05, 4.69) is 5.10 Å². The number of hydrazone groups is 1. The molecule has 0 amide bonds. The van der Waals surface area contributed by atoms with Gasteiger partial charge in [0.1, 0.15) is 17.3 Å². The van der Waals surface area contributed by atoms with E-state index >= 15 is 0 Å². The summed E-state index contributed by atoms with van der Waals surface area (Å²) in [7, 11) is -0.846. The minimum absolute atomic E-state index is 0.133. The highest BCUT2D eigenvalue weighted by Crippen LogP contribution is 2.39. The summed E-state index contributed by atoms with van der Waals surface area (Å²) in [5, 5.41) is 4.50. The Morgan fingerprint density at radius 2 is 1.68 bits per heavy atom. The maximum Gasteiger partial charge on any atom is 0.279 e. The van der Waals surface area contributed by atoms with Gasteiger partial charge in [0.15, 0.2) is 0 Å². The van der Waals surface area contributed by atoms with Crippen molar-refractivity contribution >= 4 is 15.7 Å². The summed E-state index contributed by atoms with van der Waals surface area (Å²) in [6.07, 6.45) is 0.306. The lowest BCUT2D eigenvalue weighted by atomic mass is 9.98. The lowest BCUT2D eigenvalue weighted by Crippen LogP contribution is -2.27. The first-order valence-corrected chi connectivity index (χ1v) is 11.0. The lowest BCUT2D eigenvalue weighted by Gasteiger charge is -2.23. The molecule has 8 heteroatoms. The molecule has 6 nitrogen and oxygen atoms in total. The monoisotopic (exact) mass is 440 g/mol. The van der Waals surface area contributed by atoms with Crippen LogP contribution in [0.2, 0.25) is 0 Å². The molecule has 1 aliphatic rings. The molecule has 1 aliphatic heterocycles. The van der Waals surface area contributed by atoms with Crippen LogP contribution in [-0.2, 0) is 10.0 Å². The quantitative estimate of drug-likeness (QED) is 0.570. The number of rotatable bonds is 6. The number of sulfonamides is 1. The van der Waals surface area contributed by atoms with Crippen molar-refractivity contribution in [3.8, 4) is 11.5 Å². The molecule has 0 aromatic heterocycles. The van der Waals surface area contributed by atoms with E-state index in [-0.39, 0.29) is 4.90 Å². The summed E-state index contributed by atoms with van der Waals surface area (Å²) in [6, 6.07) is 18.6. The first-order valence-electron chi connectivity index (χ1n) is 9.59. The number of halogens is 1. The van der Waals surface area contributed by atoms with E-state index in [9.17, 15) is 12.8 Å². The highest BCUT2D eigenvalue weighted by Gasteiger charge is 2.38. The lowest BCUT2D eigenvalue weighted by molar-refractivity contribution is 0.371. The van der Waals surface area contributed by atoms with Crippen molar-refractivity contribution in [1.82, 2.24) is 4.41 Å². The minimum Gasteiger partial charge on any atom is -0.497 e. The van der Waals surface area contributed by atoms with Crippen LogP contribution >= 0.6 is 0 Å². The van der Waals surface area contributed by atoms with Gasteiger partial charge in [0, 0.05) is 18.1 Å². The average Bonchev–Trinajstić information content (AvgIpc) is 3.26. The topological polar surface area (TPSA) is 68.2 Å². The van der Waals surface area contributed by atoms with E-state index in [4.69, 9.17) is 9.47 Å². The van der Waals surface area contributed by atoms with Crippen LogP contribution in [-0.4, -0.2) is 32.8 Å². The van der Waals surface area contributed by atoms with E-state index < -0.39 is 21.9 Å². The summed E-state index contributed by atoms with van der Waals surface area (Å²) in [6.45, 7) is 0. The molecule has 0 fully saturated rings. The van der Waals surface area contributed by atoms with Crippen LogP contribution in [0.4, 0.5) is 4.39 Å². The summed E-state index contributed by atoms with van der Waals surface area (Å²) < 4.78 is 52.2. The third kappa shape index (κ3) is 3.98. The van der Waals surface area contributed by atoms with Gasteiger partial charge in [-0.05, 0) is 42.0 Å². The standard InChI is InChI=1S/C23H21FN2O4S/c1-29-18-12-13-20(23(14-18)30-2)21-15-22(16-8-10-17(24)11-9-16)26(25-21)31(27,28)19-6-4-3-5-7-19/h3-14,22H,15H2,1-2H3. The largest absolute Gasteiger partial charge is 0.497 e. The fraction of sp³-hybridized carbons (Fsp3) is 0.174. The molecule has 160 valence electrons. The van der Waals surface area contributed by atoms with Crippen LogP contribution in [0.1, 0.15) is 23.6 Å². The minimum atomic E-state index is -3.93. The average molecular weight is 440 g/mol. The summed E-state index contributed by atoms with van der Waals surface area (Å²) in [5.74, 6) is 0.745. The second-order valence-electron chi connectivity index (χ2n) is 6.98. The normalized spacial score (nSPS) is 16.2. The first kappa shape index (κ1) is 20.9. The van der Waals surface area contributed by atoms with Crippen LogP contribution in [0, 0.1) is 5.82 Å². The van der Waals surface area contributed by atoms with Gasteiger partial charge in [0.25, 0.3) is 10.0 Å². The molecule has 1 atom stereocenters. The maximum atomic E-state index is 13.5. The van der Waals surface area contributed by atoms with E-state index in [0.717, 1.165) is 4.41 Å². The molecule has 3 aromatic rings. The van der Waals surface area contributed by atoms with Crippen LogP contribution in [0.3, 0.4) is 0 Å². The predicted molar refractivity (Wildman–Crippen MR) is 115 cm³/mol. The zero-order valence-electron chi connectivity index (χ0n) is 17.0. The molecule has 0 radical (unpaired) electrons. The van der Waals surface area contributed by atoms with Crippen molar-refractivity contribution in [1.29, 1.82) is 0 Å². The Kier molecular flexibility index (Phi) is 5.65. The van der Waals surface area contributed by atoms with Crippen LogP contribution in [0.25, 0.3) is 0 Å².